The lowest BCUT2D eigenvalue weighted by atomic mass is 9.82. The summed E-state index contributed by atoms with van der Waals surface area (Å²) in [5, 5.41) is 3.65. The van der Waals surface area contributed by atoms with Crippen LogP contribution in [-0.2, 0) is 14.8 Å². The minimum atomic E-state index is -3.23. The van der Waals surface area contributed by atoms with Gasteiger partial charge in [0.2, 0.25) is 10.0 Å². The summed E-state index contributed by atoms with van der Waals surface area (Å²) in [4.78, 5) is 14.3. The van der Waals surface area contributed by atoms with Gasteiger partial charge in [0.25, 0.3) is 5.91 Å². The highest BCUT2D eigenvalue weighted by Crippen LogP contribution is 2.35. The number of aryl methyl sites for hydroxylation is 1. The number of nitrogens with zero attached hydrogens (tertiary/aromatic N) is 2. The van der Waals surface area contributed by atoms with Crippen molar-refractivity contribution in [2.45, 2.75) is 44.2 Å². The third-order valence-electron chi connectivity index (χ3n) is 4.82. The maximum absolute atomic E-state index is 12.5. The SMILES string of the molecule is Cc1oncc1C(=O)N1CCC2(CC1)C[C@H](NS(C)(=O)=O)CCO2. The van der Waals surface area contributed by atoms with Gasteiger partial charge in [-0.05, 0) is 32.6 Å². The maximum atomic E-state index is 12.5. The monoisotopic (exact) mass is 357 g/mol. The van der Waals surface area contributed by atoms with Gasteiger partial charge in [-0.1, -0.05) is 5.16 Å². The van der Waals surface area contributed by atoms with Gasteiger partial charge < -0.3 is 14.2 Å². The maximum Gasteiger partial charge on any atom is 0.259 e. The lowest BCUT2D eigenvalue weighted by Gasteiger charge is -2.46. The number of hydrogen-bond donors (Lipinski definition) is 1. The molecule has 24 heavy (non-hydrogen) atoms. The van der Waals surface area contributed by atoms with Crippen LogP contribution in [0.15, 0.2) is 10.7 Å². The van der Waals surface area contributed by atoms with Crippen LogP contribution in [-0.4, -0.2) is 62.0 Å². The second-order valence-electron chi connectivity index (χ2n) is 6.70. The van der Waals surface area contributed by atoms with Crippen LogP contribution in [0.3, 0.4) is 0 Å². The topological polar surface area (TPSA) is 102 Å². The molecule has 1 atom stereocenters. The van der Waals surface area contributed by atoms with Crippen molar-refractivity contribution in [2.75, 3.05) is 26.0 Å². The fraction of sp³-hybridized carbons (Fsp3) is 0.733. The summed E-state index contributed by atoms with van der Waals surface area (Å²) < 4.78 is 36.5. The molecule has 8 nitrogen and oxygen atoms in total. The number of rotatable bonds is 3. The molecule has 1 amide bonds. The van der Waals surface area contributed by atoms with Crippen LogP contribution in [0.5, 0.6) is 0 Å². The summed E-state index contributed by atoms with van der Waals surface area (Å²) in [6.07, 6.45) is 5.35. The highest BCUT2D eigenvalue weighted by Gasteiger charge is 2.42. The first-order chi connectivity index (χ1) is 11.3. The standard InChI is InChI=1S/C15H23N3O5S/c1-11-13(10-16-23-11)14(19)18-6-4-15(5-7-18)9-12(3-8-22-15)17-24(2,20)21/h10,12,17H,3-9H2,1-2H3/t12-/m1/s1. The van der Waals surface area contributed by atoms with Crippen molar-refractivity contribution in [3.8, 4) is 0 Å². The van der Waals surface area contributed by atoms with Gasteiger partial charge in [0.1, 0.15) is 11.3 Å². The van der Waals surface area contributed by atoms with Crippen molar-refractivity contribution >= 4 is 15.9 Å². The van der Waals surface area contributed by atoms with Gasteiger partial charge in [0.05, 0.1) is 18.1 Å². The molecule has 3 heterocycles. The fourth-order valence-electron chi connectivity index (χ4n) is 3.57. The quantitative estimate of drug-likeness (QED) is 0.854. The molecule has 0 unspecified atom stereocenters. The average molecular weight is 357 g/mol. The number of aromatic nitrogens is 1. The largest absolute Gasteiger partial charge is 0.375 e. The molecule has 2 aliphatic heterocycles. The first-order valence-electron chi connectivity index (χ1n) is 8.10. The van der Waals surface area contributed by atoms with E-state index in [1.807, 2.05) is 0 Å². The third kappa shape index (κ3) is 3.79. The highest BCUT2D eigenvalue weighted by molar-refractivity contribution is 7.88. The van der Waals surface area contributed by atoms with Crippen molar-refractivity contribution < 1.29 is 22.5 Å². The minimum Gasteiger partial charge on any atom is -0.375 e. The van der Waals surface area contributed by atoms with E-state index < -0.39 is 10.0 Å². The molecule has 3 rings (SSSR count). The number of hydrogen-bond acceptors (Lipinski definition) is 6. The van der Waals surface area contributed by atoms with E-state index in [1.165, 1.54) is 12.5 Å². The smallest absolute Gasteiger partial charge is 0.259 e. The number of carbonyl (C=O) groups is 1. The van der Waals surface area contributed by atoms with Crippen LogP contribution in [0.1, 0.15) is 41.8 Å². The number of likely N-dealkylation sites (tertiary alicyclic amines) is 1. The van der Waals surface area contributed by atoms with Crippen LogP contribution in [0.25, 0.3) is 0 Å². The van der Waals surface area contributed by atoms with Crippen molar-refractivity contribution in [1.82, 2.24) is 14.8 Å². The summed E-state index contributed by atoms with van der Waals surface area (Å²) in [5.74, 6) is 0.442. The van der Waals surface area contributed by atoms with E-state index in [-0.39, 0.29) is 17.6 Å². The predicted octanol–water partition coefficient (Wildman–Crippen LogP) is 0.686. The lowest BCUT2D eigenvalue weighted by Crippen LogP contribution is -2.54. The lowest BCUT2D eigenvalue weighted by molar-refractivity contribution is -0.113. The predicted molar refractivity (Wildman–Crippen MR) is 86.1 cm³/mol. The number of ether oxygens (including phenoxy) is 1. The molecule has 0 radical (unpaired) electrons. The van der Waals surface area contributed by atoms with Crippen LogP contribution in [0.2, 0.25) is 0 Å². The number of nitrogens with one attached hydrogen (secondary N) is 1. The Kier molecular flexibility index (Phi) is 4.67. The molecule has 2 aliphatic rings. The Morgan fingerprint density at radius 2 is 2.12 bits per heavy atom. The van der Waals surface area contributed by atoms with Gasteiger partial charge in [-0.25, -0.2) is 13.1 Å². The fourth-order valence-corrected chi connectivity index (χ4v) is 4.38. The summed E-state index contributed by atoms with van der Waals surface area (Å²) >= 11 is 0. The first-order valence-corrected chi connectivity index (χ1v) is 9.99. The highest BCUT2D eigenvalue weighted by atomic mass is 32.2. The average Bonchev–Trinajstić information content (AvgIpc) is 2.92. The Morgan fingerprint density at radius 3 is 2.71 bits per heavy atom. The second-order valence-corrected chi connectivity index (χ2v) is 8.48. The van der Waals surface area contributed by atoms with Gasteiger partial charge in [-0.2, -0.15) is 0 Å². The molecule has 1 spiro atoms. The Morgan fingerprint density at radius 1 is 1.42 bits per heavy atom. The molecule has 1 N–H and O–H groups in total. The summed E-state index contributed by atoms with van der Waals surface area (Å²) in [6.45, 7) is 3.41. The molecule has 0 bridgehead atoms. The molecule has 1 aromatic rings. The summed E-state index contributed by atoms with van der Waals surface area (Å²) in [7, 11) is -3.23. The zero-order valence-electron chi connectivity index (χ0n) is 13.9. The molecule has 0 aromatic carbocycles. The molecule has 134 valence electrons. The van der Waals surface area contributed by atoms with Crippen LogP contribution >= 0.6 is 0 Å². The molecular formula is C15H23N3O5S. The molecular weight excluding hydrogens is 334 g/mol. The van der Waals surface area contributed by atoms with Crippen molar-refractivity contribution in [3.63, 3.8) is 0 Å². The number of sulfonamides is 1. The number of piperidine rings is 1. The second kappa shape index (κ2) is 6.45. The first kappa shape index (κ1) is 17.4. The van der Waals surface area contributed by atoms with E-state index >= 15 is 0 Å². The molecule has 2 fully saturated rings. The zero-order chi connectivity index (χ0) is 17.4. The van der Waals surface area contributed by atoms with E-state index in [0.29, 0.717) is 56.7 Å². The van der Waals surface area contributed by atoms with Crippen molar-refractivity contribution in [2.24, 2.45) is 0 Å². The molecule has 0 aliphatic carbocycles. The Labute approximate surface area is 141 Å². The summed E-state index contributed by atoms with van der Waals surface area (Å²) in [5.41, 5.74) is 0.147. The Balaban J connectivity index is 1.61. The van der Waals surface area contributed by atoms with E-state index in [0.717, 1.165) is 0 Å². The molecule has 2 saturated heterocycles. The normalized spacial score (nSPS) is 24.2. The van der Waals surface area contributed by atoms with Crippen LogP contribution in [0, 0.1) is 6.92 Å². The van der Waals surface area contributed by atoms with Crippen LogP contribution < -0.4 is 4.72 Å². The zero-order valence-corrected chi connectivity index (χ0v) is 14.8. The van der Waals surface area contributed by atoms with Gasteiger partial charge in [0.15, 0.2) is 0 Å². The summed E-state index contributed by atoms with van der Waals surface area (Å²) in [6, 6.07) is -0.101. The molecule has 1 aromatic heterocycles. The molecule has 0 saturated carbocycles. The minimum absolute atomic E-state index is 0.0785. The number of amides is 1. The van der Waals surface area contributed by atoms with E-state index in [2.05, 4.69) is 9.88 Å². The van der Waals surface area contributed by atoms with Gasteiger partial charge in [-0.3, -0.25) is 4.79 Å². The third-order valence-corrected chi connectivity index (χ3v) is 5.58. The number of carbonyl (C=O) groups excluding carboxylic acids is 1. The van der Waals surface area contributed by atoms with E-state index in [4.69, 9.17) is 9.26 Å². The Hall–Kier alpha value is -1.45. The van der Waals surface area contributed by atoms with Gasteiger partial charge in [0, 0.05) is 25.7 Å². The van der Waals surface area contributed by atoms with Crippen molar-refractivity contribution in [1.29, 1.82) is 0 Å². The van der Waals surface area contributed by atoms with Crippen LogP contribution in [0.4, 0.5) is 0 Å². The van der Waals surface area contributed by atoms with Gasteiger partial charge >= 0.3 is 0 Å². The molecule has 9 heteroatoms. The van der Waals surface area contributed by atoms with Crippen molar-refractivity contribution in [3.05, 3.63) is 17.5 Å². The van der Waals surface area contributed by atoms with Gasteiger partial charge in [-0.15, -0.1) is 0 Å². The Bertz CT molecular complexity index is 706. The van der Waals surface area contributed by atoms with E-state index in [9.17, 15) is 13.2 Å². The van der Waals surface area contributed by atoms with E-state index in [1.54, 1.807) is 11.8 Å².